The number of hydrogen-bond donors (Lipinski definition) is 1. The van der Waals surface area contributed by atoms with Crippen LogP contribution in [0.25, 0.3) is 10.9 Å². The standard InChI is InChI=1S/C20H21N3O2/c1-23(2)18-12-11-16-9-6-10-17(20(16)22-18)25-14-19(24)21-13-15-7-4-3-5-8-15/h3-12H,13-14H2,1-2H3,(H,21,24). The van der Waals surface area contributed by atoms with Crippen molar-refractivity contribution in [1.29, 1.82) is 0 Å². The molecule has 25 heavy (non-hydrogen) atoms. The van der Waals surface area contributed by atoms with Gasteiger partial charge in [-0.05, 0) is 23.8 Å². The number of aromatic nitrogens is 1. The molecule has 0 radical (unpaired) electrons. The van der Waals surface area contributed by atoms with Gasteiger partial charge in [-0.2, -0.15) is 0 Å². The van der Waals surface area contributed by atoms with E-state index in [1.807, 2.05) is 79.7 Å². The summed E-state index contributed by atoms with van der Waals surface area (Å²) in [7, 11) is 3.88. The zero-order valence-electron chi connectivity index (χ0n) is 14.4. The Balaban J connectivity index is 1.66. The number of para-hydroxylation sites is 1. The zero-order chi connectivity index (χ0) is 17.6. The molecule has 3 aromatic rings. The van der Waals surface area contributed by atoms with Crippen LogP contribution in [0.4, 0.5) is 5.82 Å². The van der Waals surface area contributed by atoms with E-state index in [1.54, 1.807) is 0 Å². The molecule has 1 amide bonds. The Kier molecular flexibility index (Phi) is 5.14. The average molecular weight is 335 g/mol. The first kappa shape index (κ1) is 16.8. The number of anilines is 1. The van der Waals surface area contributed by atoms with Crippen molar-refractivity contribution in [1.82, 2.24) is 10.3 Å². The first-order valence-electron chi connectivity index (χ1n) is 8.14. The maximum atomic E-state index is 12.0. The first-order chi connectivity index (χ1) is 12.1. The average Bonchev–Trinajstić information content (AvgIpc) is 2.65. The predicted octanol–water partition coefficient (Wildman–Crippen LogP) is 3.00. The molecule has 0 saturated heterocycles. The van der Waals surface area contributed by atoms with E-state index in [-0.39, 0.29) is 12.5 Å². The van der Waals surface area contributed by atoms with Gasteiger partial charge in [-0.1, -0.05) is 42.5 Å². The van der Waals surface area contributed by atoms with Crippen molar-refractivity contribution in [2.75, 3.05) is 25.6 Å². The number of rotatable bonds is 6. The molecule has 1 aromatic heterocycles. The van der Waals surface area contributed by atoms with Gasteiger partial charge in [-0.15, -0.1) is 0 Å². The van der Waals surface area contributed by atoms with Crippen LogP contribution in [0.15, 0.2) is 60.7 Å². The lowest BCUT2D eigenvalue weighted by Crippen LogP contribution is -2.28. The predicted molar refractivity (Wildman–Crippen MR) is 99.9 cm³/mol. The maximum absolute atomic E-state index is 12.0. The number of pyridine rings is 1. The molecule has 0 atom stereocenters. The van der Waals surface area contributed by atoms with Gasteiger partial charge in [0.05, 0.1) is 0 Å². The van der Waals surface area contributed by atoms with Gasteiger partial charge in [0.2, 0.25) is 0 Å². The Morgan fingerprint density at radius 2 is 1.84 bits per heavy atom. The molecule has 5 heteroatoms. The molecule has 0 aliphatic rings. The summed E-state index contributed by atoms with van der Waals surface area (Å²) >= 11 is 0. The molecule has 128 valence electrons. The normalized spacial score (nSPS) is 10.5. The monoisotopic (exact) mass is 335 g/mol. The first-order valence-corrected chi connectivity index (χ1v) is 8.14. The Morgan fingerprint density at radius 1 is 1.04 bits per heavy atom. The molecule has 0 fully saturated rings. The van der Waals surface area contributed by atoms with Gasteiger partial charge in [0, 0.05) is 26.0 Å². The van der Waals surface area contributed by atoms with Crippen LogP contribution >= 0.6 is 0 Å². The number of hydrogen-bond acceptors (Lipinski definition) is 4. The minimum atomic E-state index is -0.162. The van der Waals surface area contributed by atoms with Crippen LogP contribution in [0, 0.1) is 0 Å². The van der Waals surface area contributed by atoms with Gasteiger partial charge >= 0.3 is 0 Å². The summed E-state index contributed by atoms with van der Waals surface area (Å²) in [6.07, 6.45) is 0. The molecule has 5 nitrogen and oxygen atoms in total. The van der Waals surface area contributed by atoms with Crippen LogP contribution in [-0.2, 0) is 11.3 Å². The Labute approximate surface area is 147 Å². The van der Waals surface area contributed by atoms with Crippen molar-refractivity contribution in [3.8, 4) is 5.75 Å². The zero-order valence-corrected chi connectivity index (χ0v) is 14.4. The lowest BCUT2D eigenvalue weighted by molar-refractivity contribution is -0.123. The van der Waals surface area contributed by atoms with E-state index in [0.717, 1.165) is 22.3 Å². The van der Waals surface area contributed by atoms with Crippen molar-refractivity contribution in [3.63, 3.8) is 0 Å². The lowest BCUT2D eigenvalue weighted by atomic mass is 10.2. The van der Waals surface area contributed by atoms with E-state index < -0.39 is 0 Å². The van der Waals surface area contributed by atoms with Crippen molar-refractivity contribution >= 4 is 22.6 Å². The molecule has 0 aliphatic carbocycles. The number of amides is 1. The third-order valence-electron chi connectivity index (χ3n) is 3.82. The third kappa shape index (κ3) is 4.26. The fourth-order valence-corrected chi connectivity index (χ4v) is 2.47. The number of ether oxygens (including phenoxy) is 1. The number of carbonyl (C=O) groups is 1. The van der Waals surface area contributed by atoms with E-state index >= 15 is 0 Å². The third-order valence-corrected chi connectivity index (χ3v) is 3.82. The quantitative estimate of drug-likeness (QED) is 0.752. The fourth-order valence-electron chi connectivity index (χ4n) is 2.47. The van der Waals surface area contributed by atoms with Gasteiger partial charge in [0.1, 0.15) is 17.1 Å². The van der Waals surface area contributed by atoms with E-state index in [4.69, 9.17) is 4.74 Å². The molecule has 1 heterocycles. The maximum Gasteiger partial charge on any atom is 0.258 e. The van der Waals surface area contributed by atoms with Crippen LogP contribution in [-0.4, -0.2) is 31.6 Å². The van der Waals surface area contributed by atoms with Crippen molar-refractivity contribution in [2.24, 2.45) is 0 Å². The Bertz CT molecular complexity index is 863. The highest BCUT2D eigenvalue weighted by Gasteiger charge is 2.08. The van der Waals surface area contributed by atoms with Crippen molar-refractivity contribution in [2.45, 2.75) is 6.54 Å². The van der Waals surface area contributed by atoms with Crippen LogP contribution in [0.3, 0.4) is 0 Å². The molecule has 0 unspecified atom stereocenters. The summed E-state index contributed by atoms with van der Waals surface area (Å²) < 4.78 is 5.71. The number of nitrogens with zero attached hydrogens (tertiary/aromatic N) is 2. The minimum Gasteiger partial charge on any atom is -0.481 e. The van der Waals surface area contributed by atoms with Gasteiger partial charge in [-0.25, -0.2) is 4.98 Å². The molecule has 0 aliphatic heterocycles. The summed E-state index contributed by atoms with van der Waals surface area (Å²) in [5, 5.41) is 3.83. The second kappa shape index (κ2) is 7.66. The number of carbonyl (C=O) groups excluding carboxylic acids is 1. The van der Waals surface area contributed by atoms with Crippen molar-refractivity contribution < 1.29 is 9.53 Å². The summed E-state index contributed by atoms with van der Waals surface area (Å²) in [6.45, 7) is 0.446. The van der Waals surface area contributed by atoms with Crippen LogP contribution in [0.2, 0.25) is 0 Å². The molecule has 3 rings (SSSR count). The van der Waals surface area contributed by atoms with Crippen molar-refractivity contribution in [3.05, 3.63) is 66.2 Å². The highest BCUT2D eigenvalue weighted by Crippen LogP contribution is 2.25. The Morgan fingerprint density at radius 3 is 2.60 bits per heavy atom. The molecule has 1 N–H and O–H groups in total. The summed E-state index contributed by atoms with van der Waals surface area (Å²) in [6, 6.07) is 19.4. The molecule has 2 aromatic carbocycles. The van der Waals surface area contributed by atoms with Gasteiger partial charge in [0.25, 0.3) is 5.91 Å². The van der Waals surface area contributed by atoms with E-state index in [2.05, 4.69) is 10.3 Å². The van der Waals surface area contributed by atoms with E-state index in [9.17, 15) is 4.79 Å². The fraction of sp³-hybridized carbons (Fsp3) is 0.200. The molecule has 0 bridgehead atoms. The SMILES string of the molecule is CN(C)c1ccc2cccc(OCC(=O)NCc3ccccc3)c2n1. The second-order valence-corrected chi connectivity index (χ2v) is 5.94. The lowest BCUT2D eigenvalue weighted by Gasteiger charge is -2.14. The van der Waals surface area contributed by atoms with Crippen LogP contribution < -0.4 is 15.0 Å². The molecule has 0 saturated carbocycles. The van der Waals surface area contributed by atoms with Gasteiger partial charge in [-0.3, -0.25) is 4.79 Å². The van der Waals surface area contributed by atoms with Crippen LogP contribution in [0.5, 0.6) is 5.75 Å². The Hall–Kier alpha value is -3.08. The summed E-state index contributed by atoms with van der Waals surface area (Å²) in [5.41, 5.74) is 1.81. The molecule has 0 spiro atoms. The highest BCUT2D eigenvalue weighted by molar-refractivity contribution is 5.86. The van der Waals surface area contributed by atoms with Crippen LogP contribution in [0.1, 0.15) is 5.56 Å². The highest BCUT2D eigenvalue weighted by atomic mass is 16.5. The largest absolute Gasteiger partial charge is 0.481 e. The topological polar surface area (TPSA) is 54.5 Å². The molecular formula is C20H21N3O2. The molecular weight excluding hydrogens is 314 g/mol. The summed E-state index contributed by atoms with van der Waals surface area (Å²) in [4.78, 5) is 18.6. The number of benzene rings is 2. The number of nitrogens with one attached hydrogen (secondary N) is 1. The minimum absolute atomic E-state index is 0.0418. The smallest absolute Gasteiger partial charge is 0.258 e. The number of fused-ring (bicyclic) bond motifs is 1. The summed E-state index contributed by atoms with van der Waals surface area (Å²) in [5.74, 6) is 1.29. The van der Waals surface area contributed by atoms with E-state index in [1.165, 1.54) is 0 Å². The van der Waals surface area contributed by atoms with E-state index in [0.29, 0.717) is 12.3 Å². The second-order valence-electron chi connectivity index (χ2n) is 5.94. The van der Waals surface area contributed by atoms with Gasteiger partial charge in [0.15, 0.2) is 6.61 Å². The van der Waals surface area contributed by atoms with Gasteiger partial charge < -0.3 is 15.0 Å².